The van der Waals surface area contributed by atoms with Crippen molar-refractivity contribution in [3.63, 3.8) is 0 Å². The molecule has 0 bridgehead atoms. The molecule has 0 atom stereocenters. The topological polar surface area (TPSA) is 56.7 Å². The van der Waals surface area contributed by atoms with Gasteiger partial charge in [-0.05, 0) is 31.4 Å². The summed E-state index contributed by atoms with van der Waals surface area (Å²) in [4.78, 5) is 18.6. The van der Waals surface area contributed by atoms with E-state index in [-0.39, 0.29) is 12.5 Å². The Bertz CT molecular complexity index is 589. The number of anilines is 1. The Hall–Kier alpha value is -2.48. The highest BCUT2D eigenvalue weighted by molar-refractivity contribution is 5.97. The van der Waals surface area contributed by atoms with Gasteiger partial charge in [0.1, 0.15) is 6.54 Å². The molecule has 1 heterocycles. The van der Waals surface area contributed by atoms with Gasteiger partial charge in [0.15, 0.2) is 5.96 Å². The van der Waals surface area contributed by atoms with Gasteiger partial charge in [-0.25, -0.2) is 4.99 Å². The zero-order valence-corrected chi connectivity index (χ0v) is 12.9. The summed E-state index contributed by atoms with van der Waals surface area (Å²) in [6.07, 6.45) is 7.24. The molecule has 1 aliphatic heterocycles. The number of nitrogens with zero attached hydrogens (tertiary/aromatic N) is 2. The second-order valence-electron chi connectivity index (χ2n) is 5.03. The molecule has 2 rings (SSSR count). The van der Waals surface area contributed by atoms with E-state index in [1.54, 1.807) is 0 Å². The second-order valence-corrected chi connectivity index (χ2v) is 5.03. The van der Waals surface area contributed by atoms with Crippen LogP contribution in [0.1, 0.15) is 18.9 Å². The summed E-state index contributed by atoms with van der Waals surface area (Å²) in [6.45, 7) is 3.92. The lowest BCUT2D eigenvalue weighted by Gasteiger charge is -2.29. The molecule has 116 valence electrons. The van der Waals surface area contributed by atoms with Crippen molar-refractivity contribution in [3.05, 3.63) is 29.8 Å². The SMILES string of the molecule is C#CCNC(=NCC(=O)N1CCCc2ccccc21)NCC. The molecule has 0 radical (unpaired) electrons. The normalized spacial score (nSPS) is 14.0. The average molecular weight is 298 g/mol. The van der Waals surface area contributed by atoms with Crippen LogP contribution < -0.4 is 15.5 Å². The minimum Gasteiger partial charge on any atom is -0.357 e. The van der Waals surface area contributed by atoms with Crippen LogP contribution in [-0.2, 0) is 11.2 Å². The third kappa shape index (κ3) is 4.01. The summed E-state index contributed by atoms with van der Waals surface area (Å²) < 4.78 is 0. The van der Waals surface area contributed by atoms with E-state index in [1.807, 2.05) is 30.0 Å². The number of terminal acetylenes is 1. The summed E-state index contributed by atoms with van der Waals surface area (Å²) in [5.74, 6) is 3.07. The summed E-state index contributed by atoms with van der Waals surface area (Å²) in [6, 6.07) is 8.05. The number of rotatable bonds is 4. The Kier molecular flexibility index (Phi) is 5.84. The van der Waals surface area contributed by atoms with Crippen molar-refractivity contribution in [3.8, 4) is 12.3 Å². The fourth-order valence-corrected chi connectivity index (χ4v) is 2.50. The maximum Gasteiger partial charge on any atom is 0.248 e. The Morgan fingerprint density at radius 3 is 3.00 bits per heavy atom. The van der Waals surface area contributed by atoms with Gasteiger partial charge in [-0.2, -0.15) is 0 Å². The maximum absolute atomic E-state index is 12.5. The Morgan fingerprint density at radius 2 is 2.23 bits per heavy atom. The van der Waals surface area contributed by atoms with Crippen molar-refractivity contribution in [1.82, 2.24) is 10.6 Å². The number of amides is 1. The van der Waals surface area contributed by atoms with E-state index in [0.29, 0.717) is 12.5 Å². The molecule has 1 amide bonds. The Balaban J connectivity index is 2.04. The first-order chi connectivity index (χ1) is 10.8. The number of guanidine groups is 1. The van der Waals surface area contributed by atoms with E-state index in [9.17, 15) is 4.79 Å². The van der Waals surface area contributed by atoms with Crippen LogP contribution in [0.25, 0.3) is 0 Å². The molecule has 1 aromatic carbocycles. The zero-order valence-electron chi connectivity index (χ0n) is 12.9. The molecule has 0 spiro atoms. The van der Waals surface area contributed by atoms with Crippen LogP contribution in [0.2, 0.25) is 0 Å². The predicted molar refractivity (Wildman–Crippen MR) is 89.9 cm³/mol. The second kappa shape index (κ2) is 8.08. The molecule has 0 fully saturated rings. The predicted octanol–water partition coefficient (Wildman–Crippen LogP) is 1.15. The number of hydrogen-bond acceptors (Lipinski definition) is 2. The van der Waals surface area contributed by atoms with Crippen LogP contribution in [0.3, 0.4) is 0 Å². The highest BCUT2D eigenvalue weighted by Gasteiger charge is 2.21. The van der Waals surface area contributed by atoms with E-state index in [1.165, 1.54) is 5.56 Å². The molecular weight excluding hydrogens is 276 g/mol. The number of aliphatic imine (C=N–C) groups is 1. The Morgan fingerprint density at radius 1 is 1.41 bits per heavy atom. The zero-order chi connectivity index (χ0) is 15.8. The van der Waals surface area contributed by atoms with E-state index < -0.39 is 0 Å². The summed E-state index contributed by atoms with van der Waals surface area (Å²) in [7, 11) is 0. The smallest absolute Gasteiger partial charge is 0.248 e. The first-order valence-corrected chi connectivity index (χ1v) is 7.60. The molecule has 0 aromatic heterocycles. The van der Waals surface area contributed by atoms with Crippen LogP contribution in [0, 0.1) is 12.3 Å². The van der Waals surface area contributed by atoms with Gasteiger partial charge in [-0.15, -0.1) is 6.42 Å². The van der Waals surface area contributed by atoms with E-state index in [4.69, 9.17) is 6.42 Å². The number of para-hydroxylation sites is 1. The molecular formula is C17H22N4O. The van der Waals surface area contributed by atoms with E-state index in [2.05, 4.69) is 27.6 Å². The van der Waals surface area contributed by atoms with Crippen molar-refractivity contribution in [1.29, 1.82) is 0 Å². The van der Waals surface area contributed by atoms with Gasteiger partial charge in [-0.1, -0.05) is 24.1 Å². The maximum atomic E-state index is 12.5. The fraction of sp³-hybridized carbons (Fsp3) is 0.412. The van der Waals surface area contributed by atoms with Gasteiger partial charge in [0, 0.05) is 18.8 Å². The van der Waals surface area contributed by atoms with Crippen molar-refractivity contribution >= 4 is 17.6 Å². The first-order valence-electron chi connectivity index (χ1n) is 7.60. The third-order valence-corrected chi connectivity index (χ3v) is 3.49. The van der Waals surface area contributed by atoms with Gasteiger partial charge in [0.05, 0.1) is 6.54 Å². The van der Waals surface area contributed by atoms with Gasteiger partial charge in [0.2, 0.25) is 5.91 Å². The fourth-order valence-electron chi connectivity index (χ4n) is 2.50. The largest absolute Gasteiger partial charge is 0.357 e. The highest BCUT2D eigenvalue weighted by Crippen LogP contribution is 2.26. The average Bonchev–Trinajstić information content (AvgIpc) is 2.56. The van der Waals surface area contributed by atoms with Crippen LogP contribution in [0.15, 0.2) is 29.3 Å². The van der Waals surface area contributed by atoms with E-state index >= 15 is 0 Å². The molecule has 5 heteroatoms. The Labute approximate surface area is 131 Å². The lowest BCUT2D eigenvalue weighted by molar-refractivity contribution is -0.117. The highest BCUT2D eigenvalue weighted by atomic mass is 16.2. The molecule has 0 saturated heterocycles. The molecule has 2 N–H and O–H groups in total. The molecule has 1 aliphatic rings. The van der Waals surface area contributed by atoms with Crippen LogP contribution in [0.5, 0.6) is 0 Å². The number of hydrogen-bond donors (Lipinski definition) is 2. The summed E-state index contributed by atoms with van der Waals surface area (Å²) in [5, 5.41) is 6.05. The molecule has 22 heavy (non-hydrogen) atoms. The number of carbonyl (C=O) groups is 1. The van der Waals surface area contributed by atoms with Crippen LogP contribution in [0.4, 0.5) is 5.69 Å². The molecule has 0 aliphatic carbocycles. The lowest BCUT2D eigenvalue weighted by Crippen LogP contribution is -2.40. The van der Waals surface area contributed by atoms with Crippen molar-refractivity contribution in [2.45, 2.75) is 19.8 Å². The van der Waals surface area contributed by atoms with Crippen molar-refractivity contribution in [2.24, 2.45) is 4.99 Å². The summed E-state index contributed by atoms with van der Waals surface area (Å²) in [5.41, 5.74) is 2.24. The van der Waals surface area contributed by atoms with E-state index in [0.717, 1.165) is 31.6 Å². The number of aryl methyl sites for hydroxylation is 1. The van der Waals surface area contributed by atoms with Crippen molar-refractivity contribution < 1.29 is 4.79 Å². The molecule has 5 nitrogen and oxygen atoms in total. The monoisotopic (exact) mass is 298 g/mol. The summed E-state index contributed by atoms with van der Waals surface area (Å²) >= 11 is 0. The van der Waals surface area contributed by atoms with Crippen LogP contribution in [-0.4, -0.2) is 38.0 Å². The number of carbonyl (C=O) groups excluding carboxylic acids is 1. The number of fused-ring (bicyclic) bond motifs is 1. The van der Waals surface area contributed by atoms with Crippen molar-refractivity contribution in [2.75, 3.05) is 31.1 Å². The minimum absolute atomic E-state index is 0.00469. The third-order valence-electron chi connectivity index (χ3n) is 3.49. The number of benzene rings is 1. The lowest BCUT2D eigenvalue weighted by atomic mass is 10.0. The van der Waals surface area contributed by atoms with Gasteiger partial charge in [0.25, 0.3) is 0 Å². The molecule has 1 aromatic rings. The quantitative estimate of drug-likeness (QED) is 0.498. The first kappa shape index (κ1) is 15.9. The molecule has 0 unspecified atom stereocenters. The van der Waals surface area contributed by atoms with Gasteiger partial charge in [-0.3, -0.25) is 4.79 Å². The van der Waals surface area contributed by atoms with Gasteiger partial charge >= 0.3 is 0 Å². The van der Waals surface area contributed by atoms with Gasteiger partial charge < -0.3 is 15.5 Å². The van der Waals surface area contributed by atoms with Crippen LogP contribution >= 0.6 is 0 Å². The minimum atomic E-state index is 0.00469. The number of nitrogens with one attached hydrogen (secondary N) is 2. The molecule has 0 saturated carbocycles. The standard InChI is InChI=1S/C17H22N4O/c1-3-11-19-17(18-4-2)20-13-16(22)21-12-7-9-14-8-5-6-10-15(14)21/h1,5-6,8,10H,4,7,9,11-13H2,2H3,(H2,18,19,20).